The Morgan fingerprint density at radius 1 is 1.23 bits per heavy atom. The standard InChI is InChI=1S/C22H16ClN3O3S/c1-3-11-25-20-13(2)16(23)7-8-17(20)30-22(25)24-21(29)14-5-4-6-15(12-14)26-18(27)9-10-19(26)28/h1,4-8,12H,9-11H2,2H3. The summed E-state index contributed by atoms with van der Waals surface area (Å²) in [4.78, 5) is 42.7. The molecule has 0 N–H and O–H groups in total. The van der Waals surface area contributed by atoms with Crippen LogP contribution in [0.3, 0.4) is 0 Å². The summed E-state index contributed by atoms with van der Waals surface area (Å²) in [7, 11) is 0. The largest absolute Gasteiger partial charge is 0.304 e. The van der Waals surface area contributed by atoms with Gasteiger partial charge in [0.25, 0.3) is 5.91 Å². The van der Waals surface area contributed by atoms with Gasteiger partial charge in [0.15, 0.2) is 4.80 Å². The second-order valence-corrected chi connectivity index (χ2v) is 8.20. The minimum absolute atomic E-state index is 0.178. The number of nitrogens with zero attached hydrogens (tertiary/aromatic N) is 3. The average Bonchev–Trinajstić information content (AvgIpc) is 3.25. The molecule has 0 aliphatic carbocycles. The molecule has 0 spiro atoms. The quantitative estimate of drug-likeness (QED) is 0.463. The number of carbonyl (C=O) groups is 3. The second kappa shape index (κ2) is 7.90. The zero-order valence-electron chi connectivity index (χ0n) is 16.0. The van der Waals surface area contributed by atoms with E-state index in [0.29, 0.717) is 15.5 Å². The number of hydrogen-bond donors (Lipinski definition) is 0. The molecule has 1 aliphatic heterocycles. The molecule has 30 heavy (non-hydrogen) atoms. The fourth-order valence-corrected chi connectivity index (χ4v) is 4.67. The van der Waals surface area contributed by atoms with Gasteiger partial charge in [0, 0.05) is 23.4 Å². The fourth-order valence-electron chi connectivity index (χ4n) is 3.43. The maximum absolute atomic E-state index is 12.9. The molecule has 150 valence electrons. The Balaban J connectivity index is 1.80. The Morgan fingerprint density at radius 2 is 1.97 bits per heavy atom. The normalized spacial score (nSPS) is 14.6. The number of halogens is 1. The van der Waals surface area contributed by atoms with Crippen LogP contribution >= 0.6 is 22.9 Å². The highest BCUT2D eigenvalue weighted by Gasteiger charge is 2.30. The molecule has 0 radical (unpaired) electrons. The molecule has 3 aromatic rings. The zero-order chi connectivity index (χ0) is 21.4. The third-order valence-electron chi connectivity index (χ3n) is 4.88. The molecule has 3 amide bonds. The van der Waals surface area contributed by atoms with Gasteiger partial charge in [-0.1, -0.05) is 34.9 Å². The summed E-state index contributed by atoms with van der Waals surface area (Å²) in [5.41, 5.74) is 2.36. The Bertz CT molecular complexity index is 1310. The lowest BCUT2D eigenvalue weighted by Gasteiger charge is -2.14. The lowest BCUT2D eigenvalue weighted by atomic mass is 10.2. The van der Waals surface area contributed by atoms with Gasteiger partial charge in [0.1, 0.15) is 0 Å². The monoisotopic (exact) mass is 437 g/mol. The Hall–Kier alpha value is -3.21. The molecule has 1 aliphatic rings. The van der Waals surface area contributed by atoms with Gasteiger partial charge in [0.05, 0.1) is 22.4 Å². The van der Waals surface area contributed by atoms with Gasteiger partial charge in [-0.3, -0.25) is 19.3 Å². The third kappa shape index (κ3) is 3.45. The lowest BCUT2D eigenvalue weighted by Crippen LogP contribution is -2.28. The minimum Gasteiger partial charge on any atom is -0.304 e. The number of terminal acetylenes is 1. The summed E-state index contributed by atoms with van der Waals surface area (Å²) in [5, 5.41) is 0.608. The molecule has 2 heterocycles. The summed E-state index contributed by atoms with van der Waals surface area (Å²) < 4.78 is 2.71. The molecule has 0 saturated carbocycles. The maximum atomic E-state index is 12.9. The van der Waals surface area contributed by atoms with Crippen LogP contribution in [0.5, 0.6) is 0 Å². The van der Waals surface area contributed by atoms with E-state index in [-0.39, 0.29) is 36.8 Å². The number of thiazole rings is 1. The second-order valence-electron chi connectivity index (χ2n) is 6.78. The van der Waals surface area contributed by atoms with Gasteiger partial charge in [-0.2, -0.15) is 4.99 Å². The number of carbonyl (C=O) groups excluding carboxylic acids is 3. The molecule has 0 bridgehead atoms. The summed E-state index contributed by atoms with van der Waals surface area (Å²) in [5.74, 6) is 1.56. The molecule has 1 fully saturated rings. The van der Waals surface area contributed by atoms with Crippen molar-refractivity contribution in [1.29, 1.82) is 0 Å². The van der Waals surface area contributed by atoms with Crippen molar-refractivity contribution in [1.82, 2.24) is 4.57 Å². The number of aryl methyl sites for hydroxylation is 1. The van der Waals surface area contributed by atoms with Crippen molar-refractivity contribution in [2.45, 2.75) is 26.3 Å². The molecule has 1 saturated heterocycles. The van der Waals surface area contributed by atoms with Crippen molar-refractivity contribution in [2.75, 3.05) is 4.90 Å². The number of hydrogen-bond acceptors (Lipinski definition) is 4. The fraction of sp³-hybridized carbons (Fsp3) is 0.182. The van der Waals surface area contributed by atoms with E-state index >= 15 is 0 Å². The number of anilines is 1. The van der Waals surface area contributed by atoms with Crippen molar-refractivity contribution < 1.29 is 14.4 Å². The predicted molar refractivity (Wildman–Crippen MR) is 116 cm³/mol. The van der Waals surface area contributed by atoms with E-state index in [0.717, 1.165) is 20.7 Å². The summed E-state index contributed by atoms with van der Waals surface area (Å²) in [6.07, 6.45) is 5.89. The number of aromatic nitrogens is 1. The van der Waals surface area contributed by atoms with Crippen molar-refractivity contribution in [3.05, 3.63) is 57.3 Å². The van der Waals surface area contributed by atoms with Gasteiger partial charge in [-0.25, -0.2) is 0 Å². The SMILES string of the molecule is C#CCn1c(=NC(=O)c2cccc(N3C(=O)CCC3=O)c2)sc2ccc(Cl)c(C)c21. The van der Waals surface area contributed by atoms with Crippen LogP contribution in [0.4, 0.5) is 5.69 Å². The number of benzene rings is 2. The van der Waals surface area contributed by atoms with Crippen molar-refractivity contribution in [3.8, 4) is 12.3 Å². The van der Waals surface area contributed by atoms with E-state index in [4.69, 9.17) is 18.0 Å². The van der Waals surface area contributed by atoms with E-state index in [1.165, 1.54) is 17.4 Å². The number of rotatable bonds is 3. The first-order chi connectivity index (χ1) is 14.4. The Labute approximate surface area is 181 Å². The molecule has 6 nitrogen and oxygen atoms in total. The number of amides is 3. The van der Waals surface area contributed by atoms with Crippen LogP contribution in [0.25, 0.3) is 10.2 Å². The van der Waals surface area contributed by atoms with Crippen molar-refractivity contribution in [3.63, 3.8) is 0 Å². The molecular weight excluding hydrogens is 422 g/mol. The maximum Gasteiger partial charge on any atom is 0.279 e. The van der Waals surface area contributed by atoms with E-state index in [2.05, 4.69) is 10.9 Å². The molecule has 2 aromatic carbocycles. The highest BCUT2D eigenvalue weighted by Crippen LogP contribution is 2.27. The van der Waals surface area contributed by atoms with Gasteiger partial charge < -0.3 is 4.57 Å². The number of imide groups is 1. The summed E-state index contributed by atoms with van der Waals surface area (Å²) >= 11 is 7.60. The van der Waals surface area contributed by atoms with Crippen molar-refractivity contribution >= 4 is 56.6 Å². The highest BCUT2D eigenvalue weighted by molar-refractivity contribution is 7.16. The van der Waals surface area contributed by atoms with Crippen LogP contribution in [-0.4, -0.2) is 22.3 Å². The van der Waals surface area contributed by atoms with Gasteiger partial charge in [-0.15, -0.1) is 6.42 Å². The first-order valence-electron chi connectivity index (χ1n) is 9.17. The van der Waals surface area contributed by atoms with E-state index < -0.39 is 5.91 Å². The highest BCUT2D eigenvalue weighted by atomic mass is 35.5. The van der Waals surface area contributed by atoms with Crippen LogP contribution in [0.1, 0.15) is 28.8 Å². The van der Waals surface area contributed by atoms with Crippen LogP contribution in [-0.2, 0) is 16.1 Å². The molecule has 4 rings (SSSR count). The Kier molecular flexibility index (Phi) is 5.29. The van der Waals surface area contributed by atoms with Gasteiger partial charge >= 0.3 is 0 Å². The minimum atomic E-state index is -0.489. The molecule has 8 heteroatoms. The van der Waals surface area contributed by atoms with Gasteiger partial charge in [0.2, 0.25) is 11.8 Å². The molecule has 0 unspecified atom stereocenters. The molecule has 0 atom stereocenters. The zero-order valence-corrected chi connectivity index (χ0v) is 17.6. The summed E-state index contributed by atoms with van der Waals surface area (Å²) in [6.45, 7) is 2.13. The smallest absolute Gasteiger partial charge is 0.279 e. The first kappa shape index (κ1) is 20.1. The van der Waals surface area contributed by atoms with Gasteiger partial charge in [-0.05, 0) is 42.8 Å². The third-order valence-corrected chi connectivity index (χ3v) is 6.33. The lowest BCUT2D eigenvalue weighted by molar-refractivity contribution is -0.121. The van der Waals surface area contributed by atoms with Crippen molar-refractivity contribution in [2.24, 2.45) is 4.99 Å². The van der Waals surface area contributed by atoms with E-state index in [1.807, 2.05) is 13.0 Å². The number of fused-ring (bicyclic) bond motifs is 1. The predicted octanol–water partition coefficient (Wildman–Crippen LogP) is 3.69. The molecular formula is C22H16ClN3O3S. The summed E-state index contributed by atoms with van der Waals surface area (Å²) in [6, 6.07) is 10.0. The first-order valence-corrected chi connectivity index (χ1v) is 10.4. The van der Waals surface area contributed by atoms with Crippen LogP contribution in [0.2, 0.25) is 5.02 Å². The average molecular weight is 438 g/mol. The molecule has 1 aromatic heterocycles. The van der Waals surface area contributed by atoms with Crippen LogP contribution in [0, 0.1) is 19.3 Å². The van der Waals surface area contributed by atoms with E-state index in [9.17, 15) is 14.4 Å². The Morgan fingerprint density at radius 3 is 2.67 bits per heavy atom. The van der Waals surface area contributed by atoms with Crippen LogP contribution < -0.4 is 9.70 Å². The topological polar surface area (TPSA) is 71.7 Å². The van der Waals surface area contributed by atoms with Crippen LogP contribution in [0.15, 0.2) is 41.4 Å². The van der Waals surface area contributed by atoms with E-state index in [1.54, 1.807) is 28.8 Å².